The fourth-order valence-electron chi connectivity index (χ4n) is 1.38. The van der Waals surface area contributed by atoms with Gasteiger partial charge in [-0.25, -0.2) is 17.9 Å². The van der Waals surface area contributed by atoms with Crippen LogP contribution in [0, 0.1) is 6.92 Å². The maximum absolute atomic E-state index is 12.1. The average Bonchev–Trinajstić information content (AvgIpc) is 2.93. The van der Waals surface area contributed by atoms with Crippen LogP contribution in [0.1, 0.15) is 21.1 Å². The Morgan fingerprint density at radius 2 is 2.25 bits per heavy atom. The number of halogens is 1. The molecule has 0 saturated carbocycles. The van der Waals surface area contributed by atoms with E-state index in [1.54, 1.807) is 13.0 Å². The summed E-state index contributed by atoms with van der Waals surface area (Å²) >= 11 is 3.89. The normalized spacial score (nSPS) is 11.7. The predicted molar refractivity (Wildman–Crippen MR) is 74.2 cm³/mol. The molecule has 2 N–H and O–H groups in total. The van der Waals surface area contributed by atoms with Gasteiger partial charge in [0.1, 0.15) is 9.77 Å². The van der Waals surface area contributed by atoms with Crippen LogP contribution in [-0.4, -0.2) is 24.7 Å². The van der Waals surface area contributed by atoms with Gasteiger partial charge in [-0.05, 0) is 28.9 Å². The molecule has 0 bridgehead atoms. The van der Waals surface area contributed by atoms with Crippen molar-refractivity contribution in [3.8, 4) is 0 Å². The number of hydrogen-bond acceptors (Lipinski definition) is 6. The fraction of sp³-hybridized carbons (Fsp3) is 0.200. The van der Waals surface area contributed by atoms with Gasteiger partial charge in [-0.2, -0.15) is 0 Å². The molecule has 0 radical (unpaired) electrons. The maximum Gasteiger partial charge on any atom is 0.345 e. The first-order valence-corrected chi connectivity index (χ1v) is 8.33. The number of rotatable bonds is 5. The SMILES string of the molecule is Cc1cc(CNS(=O)(=O)c2cc(C(=O)O)sc2Br)on1. The van der Waals surface area contributed by atoms with E-state index in [0.29, 0.717) is 11.5 Å². The zero-order valence-corrected chi connectivity index (χ0v) is 13.3. The van der Waals surface area contributed by atoms with E-state index in [-0.39, 0.29) is 20.1 Å². The first-order chi connectivity index (χ1) is 9.29. The van der Waals surface area contributed by atoms with Crippen LogP contribution < -0.4 is 4.72 Å². The Hall–Kier alpha value is -1.23. The molecule has 2 rings (SSSR count). The molecule has 0 spiro atoms. The van der Waals surface area contributed by atoms with Crippen LogP contribution in [0.2, 0.25) is 0 Å². The molecule has 20 heavy (non-hydrogen) atoms. The van der Waals surface area contributed by atoms with Crippen molar-refractivity contribution in [1.29, 1.82) is 0 Å². The smallest absolute Gasteiger partial charge is 0.345 e. The van der Waals surface area contributed by atoms with Crippen molar-refractivity contribution in [2.45, 2.75) is 18.4 Å². The summed E-state index contributed by atoms with van der Waals surface area (Å²) in [5, 5.41) is 12.5. The van der Waals surface area contributed by atoms with E-state index in [9.17, 15) is 13.2 Å². The van der Waals surface area contributed by atoms with Crippen LogP contribution in [0.3, 0.4) is 0 Å². The highest BCUT2D eigenvalue weighted by Gasteiger charge is 2.23. The molecule has 108 valence electrons. The third-order valence-corrected chi connectivity index (χ3v) is 5.91. The molecule has 0 aliphatic carbocycles. The number of aromatic carboxylic acids is 1. The summed E-state index contributed by atoms with van der Waals surface area (Å²) in [5.74, 6) is -0.807. The number of nitrogens with one attached hydrogen (secondary N) is 1. The minimum Gasteiger partial charge on any atom is -0.477 e. The Kier molecular flexibility index (Phi) is 4.28. The van der Waals surface area contributed by atoms with Crippen LogP contribution in [0.25, 0.3) is 0 Å². The zero-order chi connectivity index (χ0) is 14.9. The summed E-state index contributed by atoms with van der Waals surface area (Å²) in [7, 11) is -3.83. The maximum atomic E-state index is 12.1. The molecule has 7 nitrogen and oxygen atoms in total. The van der Waals surface area contributed by atoms with Crippen LogP contribution in [0.5, 0.6) is 0 Å². The Labute approximate surface area is 126 Å². The number of carbonyl (C=O) groups is 1. The number of carboxylic acids is 1. The zero-order valence-electron chi connectivity index (χ0n) is 10.1. The second-order valence-electron chi connectivity index (χ2n) is 3.81. The molecule has 0 saturated heterocycles. The fourth-order valence-corrected chi connectivity index (χ4v) is 4.78. The Morgan fingerprint density at radius 3 is 2.75 bits per heavy atom. The van der Waals surface area contributed by atoms with Crippen LogP contribution in [0.4, 0.5) is 0 Å². The number of hydrogen-bond donors (Lipinski definition) is 2. The highest BCUT2D eigenvalue weighted by Crippen LogP contribution is 2.31. The van der Waals surface area contributed by atoms with E-state index in [4.69, 9.17) is 9.63 Å². The molecule has 2 heterocycles. The summed E-state index contributed by atoms with van der Waals surface area (Å²) in [6.07, 6.45) is 0. The van der Waals surface area contributed by atoms with E-state index in [1.165, 1.54) is 0 Å². The molecule has 0 aliphatic heterocycles. The molecule has 0 unspecified atom stereocenters. The lowest BCUT2D eigenvalue weighted by Crippen LogP contribution is -2.22. The summed E-state index contributed by atoms with van der Waals surface area (Å²) in [4.78, 5) is 10.6. The molecule has 0 aliphatic rings. The van der Waals surface area contributed by atoms with Crippen molar-refractivity contribution >= 4 is 43.3 Å². The Bertz CT molecular complexity index is 750. The number of thiophene rings is 1. The van der Waals surface area contributed by atoms with E-state index in [0.717, 1.165) is 17.4 Å². The van der Waals surface area contributed by atoms with Crippen LogP contribution in [0.15, 0.2) is 25.3 Å². The minimum atomic E-state index is -3.83. The lowest BCUT2D eigenvalue weighted by atomic mass is 10.4. The third kappa shape index (κ3) is 3.26. The van der Waals surface area contributed by atoms with Gasteiger partial charge >= 0.3 is 5.97 Å². The summed E-state index contributed by atoms with van der Waals surface area (Å²) < 4.78 is 31.6. The lowest BCUT2D eigenvalue weighted by Gasteiger charge is -2.03. The monoisotopic (exact) mass is 380 g/mol. The van der Waals surface area contributed by atoms with Crippen molar-refractivity contribution in [3.63, 3.8) is 0 Å². The van der Waals surface area contributed by atoms with Gasteiger partial charge in [0.2, 0.25) is 10.0 Å². The molecule has 2 aromatic heterocycles. The first-order valence-electron chi connectivity index (χ1n) is 5.24. The van der Waals surface area contributed by atoms with Crippen molar-refractivity contribution in [2.75, 3.05) is 0 Å². The van der Waals surface area contributed by atoms with Gasteiger partial charge in [0.25, 0.3) is 0 Å². The molecular formula is C10H9BrN2O5S2. The lowest BCUT2D eigenvalue weighted by molar-refractivity contribution is 0.0702. The largest absolute Gasteiger partial charge is 0.477 e. The minimum absolute atomic E-state index is 0.0616. The number of carboxylic acid groups (broad SMARTS) is 1. The van der Waals surface area contributed by atoms with Gasteiger partial charge in [0.15, 0.2) is 5.76 Å². The molecule has 0 atom stereocenters. The van der Waals surface area contributed by atoms with Gasteiger partial charge in [-0.15, -0.1) is 11.3 Å². The number of sulfonamides is 1. The third-order valence-electron chi connectivity index (χ3n) is 2.27. The van der Waals surface area contributed by atoms with Gasteiger partial charge < -0.3 is 9.63 Å². The average molecular weight is 381 g/mol. The number of nitrogens with zero attached hydrogens (tertiary/aromatic N) is 1. The summed E-state index contributed by atoms with van der Waals surface area (Å²) in [6, 6.07) is 2.71. The van der Waals surface area contributed by atoms with Crippen LogP contribution >= 0.6 is 27.3 Å². The second kappa shape index (κ2) is 5.64. The van der Waals surface area contributed by atoms with Gasteiger partial charge in [0.05, 0.1) is 16.0 Å². The Balaban J connectivity index is 2.20. The molecule has 0 aromatic carbocycles. The standard InChI is InChI=1S/C10H9BrN2O5S2/c1-5-2-6(18-13-5)4-12-20(16,17)8-3-7(10(14)15)19-9(8)11/h2-3,12H,4H2,1H3,(H,14,15). The van der Waals surface area contributed by atoms with Gasteiger partial charge in [-0.3, -0.25) is 0 Å². The van der Waals surface area contributed by atoms with Crippen molar-refractivity contribution in [2.24, 2.45) is 0 Å². The van der Waals surface area contributed by atoms with E-state index in [2.05, 4.69) is 25.8 Å². The molecule has 2 aromatic rings. The highest BCUT2D eigenvalue weighted by molar-refractivity contribution is 9.11. The second-order valence-corrected chi connectivity index (χ2v) is 7.92. The Morgan fingerprint density at radius 1 is 1.55 bits per heavy atom. The molecular weight excluding hydrogens is 372 g/mol. The van der Waals surface area contributed by atoms with Crippen molar-refractivity contribution in [3.05, 3.63) is 32.3 Å². The number of aryl methyl sites for hydroxylation is 1. The number of aromatic nitrogens is 1. The van der Waals surface area contributed by atoms with Gasteiger partial charge in [-0.1, -0.05) is 5.16 Å². The van der Waals surface area contributed by atoms with E-state index >= 15 is 0 Å². The summed E-state index contributed by atoms with van der Waals surface area (Å²) in [6.45, 7) is 1.66. The van der Waals surface area contributed by atoms with Crippen molar-refractivity contribution < 1.29 is 22.8 Å². The van der Waals surface area contributed by atoms with Crippen molar-refractivity contribution in [1.82, 2.24) is 9.88 Å². The van der Waals surface area contributed by atoms with E-state index in [1.807, 2.05) is 0 Å². The highest BCUT2D eigenvalue weighted by atomic mass is 79.9. The summed E-state index contributed by atoms with van der Waals surface area (Å²) in [5.41, 5.74) is 0.643. The molecule has 0 fully saturated rings. The first kappa shape index (κ1) is 15.2. The topological polar surface area (TPSA) is 110 Å². The van der Waals surface area contributed by atoms with E-state index < -0.39 is 16.0 Å². The molecule has 0 amide bonds. The van der Waals surface area contributed by atoms with Gasteiger partial charge in [0, 0.05) is 6.07 Å². The predicted octanol–water partition coefficient (Wildman–Crippen LogP) is 1.98. The quantitative estimate of drug-likeness (QED) is 0.820. The molecule has 10 heteroatoms. The van der Waals surface area contributed by atoms with Crippen LogP contribution in [-0.2, 0) is 16.6 Å².